The quantitative estimate of drug-likeness (QED) is 0.313. The second-order valence-electron chi connectivity index (χ2n) is 7.75. The first-order valence-corrected chi connectivity index (χ1v) is 12.8. The number of hydrogen-bond donors (Lipinski definition) is 2. The first-order chi connectivity index (χ1) is 16.8. The zero-order valence-electron chi connectivity index (χ0n) is 18.6. The number of benzene rings is 2. The minimum Gasteiger partial charge on any atom is -0.422 e. The van der Waals surface area contributed by atoms with Crippen LogP contribution in [0.3, 0.4) is 0 Å². The summed E-state index contributed by atoms with van der Waals surface area (Å²) in [6, 6.07) is 17.0. The van der Waals surface area contributed by atoms with E-state index < -0.39 is 15.6 Å². The number of aryl methyl sites for hydroxylation is 2. The molecule has 11 heteroatoms. The number of anilines is 3. The summed E-state index contributed by atoms with van der Waals surface area (Å²) in [5.41, 5.74) is 2.89. The van der Waals surface area contributed by atoms with Crippen LogP contribution in [0, 0.1) is 13.8 Å². The Labute approximate surface area is 204 Å². The maximum absolute atomic E-state index is 12.7. The molecule has 0 aliphatic carbocycles. The van der Waals surface area contributed by atoms with Crippen molar-refractivity contribution in [2.75, 3.05) is 10.0 Å². The van der Waals surface area contributed by atoms with Crippen LogP contribution in [-0.2, 0) is 10.0 Å². The lowest BCUT2D eigenvalue weighted by molar-refractivity contribution is 0.563. The molecule has 0 saturated carbocycles. The number of aromatic nitrogens is 3. The average molecular weight is 506 g/mol. The van der Waals surface area contributed by atoms with Crippen LogP contribution in [-0.4, -0.2) is 23.4 Å². The van der Waals surface area contributed by atoms with Crippen LogP contribution in [0.2, 0.25) is 0 Å². The van der Waals surface area contributed by atoms with Gasteiger partial charge in [-0.2, -0.15) is 0 Å². The van der Waals surface area contributed by atoms with Crippen LogP contribution in [0.15, 0.2) is 80.2 Å². The fraction of sp³-hybridized carbons (Fsp3) is 0.0833. The Hall–Kier alpha value is -4.09. The minimum atomic E-state index is -3.85. The summed E-state index contributed by atoms with van der Waals surface area (Å²) in [6.45, 7) is 3.53. The molecule has 0 aliphatic rings. The van der Waals surface area contributed by atoms with Crippen molar-refractivity contribution in [3.8, 4) is 11.3 Å². The lowest BCUT2D eigenvalue weighted by atomic mass is 10.1. The molecule has 0 saturated heterocycles. The molecule has 0 fully saturated rings. The third-order valence-corrected chi connectivity index (χ3v) is 7.15. The van der Waals surface area contributed by atoms with E-state index in [4.69, 9.17) is 4.42 Å². The molecule has 3 heterocycles. The predicted molar refractivity (Wildman–Crippen MR) is 136 cm³/mol. The number of nitrogens with one attached hydrogen (secondary N) is 2. The fourth-order valence-corrected chi connectivity index (χ4v) is 5.16. The van der Waals surface area contributed by atoms with Crippen molar-refractivity contribution in [1.29, 1.82) is 0 Å². The molecule has 0 radical (unpaired) electrons. The molecule has 3 aromatic heterocycles. The van der Waals surface area contributed by atoms with Gasteiger partial charge in [-0.3, -0.25) is 0 Å². The summed E-state index contributed by atoms with van der Waals surface area (Å²) in [5.74, 6) is 0.0261. The van der Waals surface area contributed by atoms with Gasteiger partial charge in [-0.1, -0.05) is 18.2 Å². The summed E-state index contributed by atoms with van der Waals surface area (Å²) >= 11 is 1.32. The molecular weight excluding hydrogens is 486 g/mol. The summed E-state index contributed by atoms with van der Waals surface area (Å²) in [7, 11) is -3.85. The molecule has 0 amide bonds. The Morgan fingerprint density at radius 3 is 2.37 bits per heavy atom. The molecule has 0 spiro atoms. The number of nitrogens with zero attached hydrogens (tertiary/aromatic N) is 3. The first-order valence-electron chi connectivity index (χ1n) is 10.5. The topological polar surface area (TPSA) is 127 Å². The molecule has 9 nitrogen and oxygen atoms in total. The lowest BCUT2D eigenvalue weighted by Crippen LogP contribution is -2.15. The Morgan fingerprint density at radius 2 is 1.63 bits per heavy atom. The summed E-state index contributed by atoms with van der Waals surface area (Å²) in [4.78, 5) is 25.2. The highest BCUT2D eigenvalue weighted by molar-refractivity contribution is 7.92. The molecule has 0 atom stereocenters. The van der Waals surface area contributed by atoms with E-state index in [1.165, 1.54) is 23.5 Å². The largest absolute Gasteiger partial charge is 0.422 e. The fourth-order valence-electron chi connectivity index (χ4n) is 3.49. The van der Waals surface area contributed by atoms with Crippen LogP contribution in [0.4, 0.5) is 16.8 Å². The van der Waals surface area contributed by atoms with Crippen molar-refractivity contribution in [2.24, 2.45) is 0 Å². The van der Waals surface area contributed by atoms with Crippen LogP contribution < -0.4 is 15.7 Å². The van der Waals surface area contributed by atoms with Gasteiger partial charge in [0, 0.05) is 27.8 Å². The van der Waals surface area contributed by atoms with E-state index in [1.54, 1.807) is 55.6 Å². The maximum atomic E-state index is 12.7. The number of thiazole rings is 1. The van der Waals surface area contributed by atoms with Gasteiger partial charge in [-0.25, -0.2) is 32.9 Å². The van der Waals surface area contributed by atoms with Crippen molar-refractivity contribution < 1.29 is 12.8 Å². The van der Waals surface area contributed by atoms with E-state index in [9.17, 15) is 13.2 Å². The molecular formula is C24H19N5O4S2. The van der Waals surface area contributed by atoms with Gasteiger partial charge in [-0.05, 0) is 56.3 Å². The summed E-state index contributed by atoms with van der Waals surface area (Å²) < 4.78 is 33.2. The highest BCUT2D eigenvalue weighted by Gasteiger charge is 2.17. The SMILES string of the molecule is Cc1cc(C)nc(NS(=O)(=O)c2ccc(Nc3nc(-c4cc5ccccc5oc4=O)cs3)cc2)n1. The lowest BCUT2D eigenvalue weighted by Gasteiger charge is -2.09. The third kappa shape index (κ3) is 4.91. The van der Waals surface area contributed by atoms with E-state index in [-0.39, 0.29) is 10.8 Å². The van der Waals surface area contributed by atoms with Gasteiger partial charge in [0.05, 0.1) is 16.2 Å². The standard InChI is InChI=1S/C24H19N5O4S2/c1-14-11-15(2)26-23(25-14)29-35(31,32)18-9-7-17(8-10-18)27-24-28-20(13-34-24)19-12-16-5-3-4-6-21(16)33-22(19)30/h3-13H,1-2H3,(H,27,28)(H,25,26,29). The third-order valence-electron chi connectivity index (χ3n) is 5.05. The summed E-state index contributed by atoms with van der Waals surface area (Å²) in [6.07, 6.45) is 0. The maximum Gasteiger partial charge on any atom is 0.345 e. The zero-order valence-corrected chi connectivity index (χ0v) is 20.3. The van der Waals surface area contributed by atoms with Gasteiger partial charge < -0.3 is 9.73 Å². The molecule has 2 aromatic carbocycles. The molecule has 5 rings (SSSR count). The Kier molecular flexibility index (Phi) is 5.79. The highest BCUT2D eigenvalue weighted by atomic mass is 32.2. The molecule has 0 unspecified atom stereocenters. The number of hydrogen-bond acceptors (Lipinski definition) is 9. The van der Waals surface area contributed by atoms with Crippen molar-refractivity contribution in [3.05, 3.63) is 87.9 Å². The number of fused-ring (bicyclic) bond motifs is 1. The normalized spacial score (nSPS) is 11.5. The van der Waals surface area contributed by atoms with Gasteiger partial charge in [0.25, 0.3) is 10.0 Å². The van der Waals surface area contributed by atoms with Crippen molar-refractivity contribution in [3.63, 3.8) is 0 Å². The Bertz CT molecular complexity index is 1690. The molecule has 0 aliphatic heterocycles. The van der Waals surface area contributed by atoms with Crippen molar-refractivity contribution in [2.45, 2.75) is 18.7 Å². The van der Waals surface area contributed by atoms with Crippen LogP contribution in [0.5, 0.6) is 0 Å². The Balaban J connectivity index is 1.33. The monoisotopic (exact) mass is 505 g/mol. The van der Waals surface area contributed by atoms with Crippen molar-refractivity contribution in [1.82, 2.24) is 15.0 Å². The van der Waals surface area contributed by atoms with Gasteiger partial charge in [0.1, 0.15) is 5.58 Å². The predicted octanol–water partition coefficient (Wildman–Crippen LogP) is 4.87. The number of para-hydroxylation sites is 1. The highest BCUT2D eigenvalue weighted by Crippen LogP contribution is 2.28. The van der Waals surface area contributed by atoms with Gasteiger partial charge >= 0.3 is 5.63 Å². The molecule has 2 N–H and O–H groups in total. The van der Waals surface area contributed by atoms with Crippen molar-refractivity contribution >= 4 is 49.1 Å². The van der Waals surface area contributed by atoms with Gasteiger partial charge in [0.15, 0.2) is 5.13 Å². The Morgan fingerprint density at radius 1 is 0.914 bits per heavy atom. The molecule has 0 bridgehead atoms. The summed E-state index contributed by atoms with van der Waals surface area (Å²) in [5, 5.41) is 6.24. The second kappa shape index (κ2) is 8.93. The van der Waals surface area contributed by atoms with Crippen LogP contribution >= 0.6 is 11.3 Å². The van der Waals surface area contributed by atoms with Gasteiger partial charge in [0.2, 0.25) is 5.95 Å². The minimum absolute atomic E-state index is 0.0261. The smallest absolute Gasteiger partial charge is 0.345 e. The van der Waals surface area contributed by atoms with Crippen LogP contribution in [0.25, 0.3) is 22.2 Å². The molecule has 176 valence electrons. The molecule has 5 aromatic rings. The van der Waals surface area contributed by atoms with Crippen LogP contribution in [0.1, 0.15) is 11.4 Å². The van der Waals surface area contributed by atoms with E-state index in [2.05, 4.69) is 25.0 Å². The van der Waals surface area contributed by atoms with E-state index in [0.29, 0.717) is 39.0 Å². The first kappa shape index (κ1) is 22.7. The second-order valence-corrected chi connectivity index (χ2v) is 10.3. The van der Waals surface area contributed by atoms with E-state index in [0.717, 1.165) is 5.39 Å². The van der Waals surface area contributed by atoms with Gasteiger partial charge in [-0.15, -0.1) is 11.3 Å². The average Bonchev–Trinajstić information content (AvgIpc) is 3.26. The zero-order chi connectivity index (χ0) is 24.6. The number of rotatable bonds is 6. The van der Waals surface area contributed by atoms with E-state index in [1.807, 2.05) is 12.1 Å². The number of sulfonamides is 1. The van der Waals surface area contributed by atoms with E-state index >= 15 is 0 Å². The molecule has 35 heavy (non-hydrogen) atoms.